The fourth-order valence-corrected chi connectivity index (χ4v) is 1.04. The van der Waals surface area contributed by atoms with Gasteiger partial charge in [-0.15, -0.1) is 0 Å². The molecule has 16 heavy (non-hydrogen) atoms. The number of nitrogens with zero attached hydrogens (tertiary/aromatic N) is 3. The summed E-state index contributed by atoms with van der Waals surface area (Å²) < 4.78 is 37.2. The lowest BCUT2D eigenvalue weighted by Crippen LogP contribution is -2.11. The minimum Gasteiger partial charge on any atom is -0.358 e. The number of hydrogen-bond acceptors (Lipinski definition) is 4. The van der Waals surface area contributed by atoms with E-state index in [2.05, 4.69) is 4.98 Å². The molecule has 0 aliphatic carbocycles. The minimum atomic E-state index is -4.86. The summed E-state index contributed by atoms with van der Waals surface area (Å²) in [4.78, 5) is 12.2. The predicted octanol–water partition coefficient (Wildman–Crippen LogP) is 2.07. The van der Waals surface area contributed by atoms with E-state index in [-0.39, 0.29) is 12.0 Å². The van der Waals surface area contributed by atoms with Gasteiger partial charge in [0.2, 0.25) is 0 Å². The lowest BCUT2D eigenvalue weighted by Gasteiger charge is -2.07. The third-order valence-corrected chi connectivity index (χ3v) is 1.68. The van der Waals surface area contributed by atoms with Crippen LogP contribution in [0.5, 0.6) is 0 Å². The van der Waals surface area contributed by atoms with Crippen molar-refractivity contribution in [2.45, 2.75) is 12.6 Å². The molecule has 0 aromatic carbocycles. The maximum Gasteiger partial charge on any atom is 0.424 e. The molecular formula is C8H4F3N3O2. The molecule has 0 N–H and O–H groups in total. The molecule has 0 fully saturated rings. The van der Waals surface area contributed by atoms with Crippen LogP contribution in [0.1, 0.15) is 11.1 Å². The number of pyridine rings is 1. The fraction of sp³-hybridized carbons (Fsp3) is 0.250. The molecule has 0 amide bonds. The Hall–Kier alpha value is -2.17. The first-order valence-corrected chi connectivity index (χ1v) is 3.93. The fourth-order valence-electron chi connectivity index (χ4n) is 1.04. The quantitative estimate of drug-likeness (QED) is 0.576. The topological polar surface area (TPSA) is 79.8 Å². The smallest absolute Gasteiger partial charge is 0.358 e. The summed E-state index contributed by atoms with van der Waals surface area (Å²) in [7, 11) is 0. The van der Waals surface area contributed by atoms with E-state index in [1.165, 1.54) is 0 Å². The van der Waals surface area contributed by atoms with Crippen LogP contribution in [-0.4, -0.2) is 9.91 Å². The zero-order valence-corrected chi connectivity index (χ0v) is 7.65. The Morgan fingerprint density at radius 1 is 1.56 bits per heavy atom. The summed E-state index contributed by atoms with van der Waals surface area (Å²) in [6, 6.07) is 2.20. The summed E-state index contributed by atoms with van der Waals surface area (Å²) in [5.41, 5.74) is -1.45. The normalized spacial score (nSPS) is 10.9. The van der Waals surface area contributed by atoms with Gasteiger partial charge in [0, 0.05) is 5.56 Å². The molecule has 0 aliphatic heterocycles. The third-order valence-electron chi connectivity index (χ3n) is 1.68. The number of nitriles is 1. The van der Waals surface area contributed by atoms with Gasteiger partial charge in [0.25, 0.3) is 0 Å². The van der Waals surface area contributed by atoms with Gasteiger partial charge in [-0.2, -0.15) is 18.4 Å². The number of hydrogen-bond donors (Lipinski definition) is 0. The van der Waals surface area contributed by atoms with Gasteiger partial charge in [-0.3, -0.25) is 0 Å². The molecule has 84 valence electrons. The Kier molecular flexibility index (Phi) is 3.08. The van der Waals surface area contributed by atoms with Crippen LogP contribution in [0.4, 0.5) is 19.0 Å². The molecule has 5 nitrogen and oxygen atoms in total. The summed E-state index contributed by atoms with van der Waals surface area (Å²) in [5.74, 6) is -1.26. The largest absolute Gasteiger partial charge is 0.424 e. The molecule has 0 atom stereocenters. The van der Waals surface area contributed by atoms with Crippen molar-refractivity contribution in [2.24, 2.45) is 0 Å². The number of rotatable bonds is 2. The average Bonchev–Trinajstić information content (AvgIpc) is 2.16. The monoisotopic (exact) mass is 231 g/mol. The lowest BCUT2D eigenvalue weighted by atomic mass is 10.1. The van der Waals surface area contributed by atoms with Crippen LogP contribution in [0.2, 0.25) is 0 Å². The molecule has 8 heteroatoms. The summed E-state index contributed by atoms with van der Waals surface area (Å²) in [6.45, 7) is 0. The van der Waals surface area contributed by atoms with Crippen LogP contribution >= 0.6 is 0 Å². The highest BCUT2D eigenvalue weighted by molar-refractivity contribution is 5.38. The highest BCUT2D eigenvalue weighted by Crippen LogP contribution is 2.35. The van der Waals surface area contributed by atoms with Crippen LogP contribution in [-0.2, 0) is 12.6 Å². The molecule has 1 aromatic heterocycles. The Labute approximate surface area is 87.3 Å². The van der Waals surface area contributed by atoms with Crippen LogP contribution < -0.4 is 0 Å². The Bertz CT molecular complexity index is 465. The lowest BCUT2D eigenvalue weighted by molar-refractivity contribution is -0.392. The number of aromatic nitrogens is 1. The van der Waals surface area contributed by atoms with E-state index >= 15 is 0 Å². The molecule has 1 heterocycles. The first-order chi connectivity index (χ1) is 7.36. The van der Waals surface area contributed by atoms with E-state index in [1.807, 2.05) is 0 Å². The molecule has 0 saturated heterocycles. The van der Waals surface area contributed by atoms with Crippen molar-refractivity contribution in [3.8, 4) is 6.07 Å². The van der Waals surface area contributed by atoms with Crippen molar-refractivity contribution in [1.29, 1.82) is 5.26 Å². The van der Waals surface area contributed by atoms with Crippen molar-refractivity contribution in [2.75, 3.05) is 0 Å². The Balaban J connectivity index is 3.34. The first-order valence-electron chi connectivity index (χ1n) is 3.93. The van der Waals surface area contributed by atoms with Gasteiger partial charge in [0.1, 0.15) is 6.20 Å². The molecule has 0 aliphatic rings. The molecule has 0 saturated carbocycles. The van der Waals surface area contributed by atoms with Crippen LogP contribution in [0, 0.1) is 21.4 Å². The van der Waals surface area contributed by atoms with E-state index in [0.29, 0.717) is 6.07 Å². The Morgan fingerprint density at radius 3 is 2.62 bits per heavy atom. The molecular weight excluding hydrogens is 227 g/mol. The molecule has 1 aromatic rings. The SMILES string of the molecule is N#CCc1cnc([N+](=O)[O-])c(C(F)(F)F)c1. The third kappa shape index (κ3) is 2.44. The number of alkyl halides is 3. The maximum atomic E-state index is 12.4. The predicted molar refractivity (Wildman–Crippen MR) is 45.2 cm³/mol. The van der Waals surface area contributed by atoms with Crippen molar-refractivity contribution < 1.29 is 18.1 Å². The summed E-state index contributed by atoms with van der Waals surface area (Å²) in [5, 5.41) is 18.6. The second-order valence-corrected chi connectivity index (χ2v) is 2.80. The van der Waals surface area contributed by atoms with E-state index in [9.17, 15) is 23.3 Å². The number of nitro groups is 1. The van der Waals surface area contributed by atoms with Gasteiger partial charge in [0.15, 0.2) is 5.56 Å². The van der Waals surface area contributed by atoms with E-state index in [4.69, 9.17) is 5.26 Å². The molecule has 1 rings (SSSR count). The van der Waals surface area contributed by atoms with Crippen molar-refractivity contribution in [3.05, 3.63) is 33.5 Å². The summed E-state index contributed by atoms with van der Waals surface area (Å²) in [6.07, 6.45) is -4.26. The highest BCUT2D eigenvalue weighted by Gasteiger charge is 2.39. The Morgan fingerprint density at radius 2 is 2.19 bits per heavy atom. The zero-order valence-electron chi connectivity index (χ0n) is 7.65. The molecule has 0 unspecified atom stereocenters. The second-order valence-electron chi connectivity index (χ2n) is 2.80. The van der Waals surface area contributed by atoms with Gasteiger partial charge in [-0.05, 0) is 16.0 Å². The van der Waals surface area contributed by atoms with Gasteiger partial charge >= 0.3 is 12.0 Å². The van der Waals surface area contributed by atoms with Crippen LogP contribution in [0.3, 0.4) is 0 Å². The van der Waals surface area contributed by atoms with Crippen molar-refractivity contribution >= 4 is 5.82 Å². The van der Waals surface area contributed by atoms with Crippen molar-refractivity contribution in [1.82, 2.24) is 4.98 Å². The highest BCUT2D eigenvalue weighted by atomic mass is 19.4. The standard InChI is InChI=1S/C8H4F3N3O2/c9-8(10,11)6-3-5(1-2-12)4-13-7(6)14(15)16/h3-4H,1H2. The average molecular weight is 231 g/mol. The van der Waals surface area contributed by atoms with Gasteiger partial charge in [-0.25, -0.2) is 0 Å². The number of halogens is 3. The second kappa shape index (κ2) is 4.14. The summed E-state index contributed by atoms with van der Waals surface area (Å²) >= 11 is 0. The van der Waals surface area contributed by atoms with Crippen molar-refractivity contribution in [3.63, 3.8) is 0 Å². The molecule has 0 bridgehead atoms. The molecule has 0 radical (unpaired) electrons. The minimum absolute atomic E-state index is 0.0135. The van der Waals surface area contributed by atoms with Gasteiger partial charge < -0.3 is 10.1 Å². The van der Waals surface area contributed by atoms with E-state index in [1.54, 1.807) is 6.07 Å². The van der Waals surface area contributed by atoms with Crippen LogP contribution in [0.15, 0.2) is 12.3 Å². The zero-order chi connectivity index (χ0) is 12.3. The first kappa shape index (κ1) is 11.9. The molecule has 0 spiro atoms. The van der Waals surface area contributed by atoms with Crippen LogP contribution in [0.25, 0.3) is 0 Å². The van der Waals surface area contributed by atoms with Gasteiger partial charge in [0.05, 0.1) is 12.5 Å². The van der Waals surface area contributed by atoms with E-state index < -0.39 is 22.5 Å². The van der Waals surface area contributed by atoms with Gasteiger partial charge in [-0.1, -0.05) is 0 Å². The maximum absolute atomic E-state index is 12.4. The van der Waals surface area contributed by atoms with E-state index in [0.717, 1.165) is 6.20 Å².